The highest BCUT2D eigenvalue weighted by atomic mass is 16.1. The van der Waals surface area contributed by atoms with Gasteiger partial charge in [-0.2, -0.15) is 0 Å². The van der Waals surface area contributed by atoms with Gasteiger partial charge in [-0.15, -0.1) is 6.58 Å². The lowest BCUT2D eigenvalue weighted by Crippen LogP contribution is -2.22. The monoisotopic (exact) mass is 386 g/mol. The van der Waals surface area contributed by atoms with Gasteiger partial charge in [-0.25, -0.2) is 4.98 Å². The van der Waals surface area contributed by atoms with Gasteiger partial charge in [-0.1, -0.05) is 36.8 Å². The molecule has 0 unspecified atom stereocenters. The van der Waals surface area contributed by atoms with Crippen LogP contribution in [0.15, 0.2) is 72.3 Å². The van der Waals surface area contributed by atoms with Crippen LogP contribution in [0, 0.1) is 0 Å². The van der Waals surface area contributed by atoms with Crippen molar-refractivity contribution in [2.75, 3.05) is 6.54 Å². The number of rotatable bonds is 8. The van der Waals surface area contributed by atoms with Crippen molar-refractivity contribution >= 4 is 0 Å². The van der Waals surface area contributed by atoms with Crippen molar-refractivity contribution in [3.8, 4) is 11.4 Å². The van der Waals surface area contributed by atoms with Crippen molar-refractivity contribution in [3.05, 3.63) is 94.7 Å². The van der Waals surface area contributed by atoms with Crippen LogP contribution in [-0.2, 0) is 13.1 Å². The molecule has 1 saturated carbocycles. The first-order chi connectivity index (χ1) is 14.2. The molecule has 0 atom stereocenters. The van der Waals surface area contributed by atoms with Gasteiger partial charge in [0.2, 0.25) is 0 Å². The van der Waals surface area contributed by atoms with Crippen LogP contribution in [0.4, 0.5) is 0 Å². The van der Waals surface area contributed by atoms with Crippen molar-refractivity contribution in [1.82, 2.24) is 19.9 Å². The van der Waals surface area contributed by atoms with Crippen LogP contribution in [0.2, 0.25) is 0 Å². The first-order valence-corrected chi connectivity index (χ1v) is 10.1. The molecule has 2 heterocycles. The standard InChI is InChI=1S/C24H26N4O/c1-2-14-28(17-19-10-12-25-13-11-19)16-18-6-8-21(9-7-18)24-26-22(15-23(29)27-24)20-4-3-5-20/h2,6-13,15,20H,1,3-5,14,16-17H2,(H,26,27,29). The molecule has 0 radical (unpaired) electrons. The van der Waals surface area contributed by atoms with Crippen LogP contribution >= 0.6 is 0 Å². The Morgan fingerprint density at radius 1 is 1.07 bits per heavy atom. The van der Waals surface area contributed by atoms with Crippen LogP contribution < -0.4 is 5.56 Å². The number of nitrogens with one attached hydrogen (secondary N) is 1. The summed E-state index contributed by atoms with van der Waals surface area (Å²) in [6.45, 7) is 6.35. The molecule has 1 N–H and O–H groups in total. The second-order valence-corrected chi connectivity index (χ2v) is 7.66. The van der Waals surface area contributed by atoms with Gasteiger partial charge >= 0.3 is 0 Å². The molecule has 0 aliphatic heterocycles. The topological polar surface area (TPSA) is 61.9 Å². The molecule has 5 heteroatoms. The molecule has 1 aliphatic rings. The minimum absolute atomic E-state index is 0.0736. The van der Waals surface area contributed by atoms with Crippen LogP contribution in [0.25, 0.3) is 11.4 Å². The SMILES string of the molecule is C=CCN(Cc1ccncc1)Cc1ccc(-c2nc(C3CCC3)cc(=O)[nH]2)cc1. The fourth-order valence-electron chi connectivity index (χ4n) is 3.67. The van der Waals surface area contributed by atoms with Crippen LogP contribution in [0.1, 0.15) is 42.0 Å². The molecular formula is C24H26N4O. The molecule has 2 aromatic heterocycles. The molecule has 0 bridgehead atoms. The minimum Gasteiger partial charge on any atom is -0.307 e. The maximum absolute atomic E-state index is 12.1. The maximum atomic E-state index is 12.1. The van der Waals surface area contributed by atoms with Crippen LogP contribution in [-0.4, -0.2) is 26.4 Å². The third-order valence-electron chi connectivity index (χ3n) is 5.46. The van der Waals surface area contributed by atoms with E-state index in [2.05, 4.69) is 33.6 Å². The van der Waals surface area contributed by atoms with Gasteiger partial charge in [0, 0.05) is 49.6 Å². The van der Waals surface area contributed by atoms with E-state index in [1.807, 2.05) is 42.7 Å². The summed E-state index contributed by atoms with van der Waals surface area (Å²) in [6, 6.07) is 14.0. The molecule has 4 rings (SSSR count). The molecule has 3 aromatic rings. The van der Waals surface area contributed by atoms with Crippen molar-refractivity contribution in [2.45, 2.75) is 38.3 Å². The van der Waals surface area contributed by atoms with Crippen molar-refractivity contribution in [1.29, 1.82) is 0 Å². The number of benzene rings is 1. The summed E-state index contributed by atoms with van der Waals surface area (Å²) in [7, 11) is 0. The zero-order chi connectivity index (χ0) is 20.1. The van der Waals surface area contributed by atoms with Gasteiger partial charge in [0.1, 0.15) is 5.82 Å². The van der Waals surface area contributed by atoms with Crippen molar-refractivity contribution in [2.24, 2.45) is 0 Å². The summed E-state index contributed by atoms with van der Waals surface area (Å²) in [5.41, 5.74) is 4.23. The Balaban J connectivity index is 1.49. The summed E-state index contributed by atoms with van der Waals surface area (Å²) in [4.78, 5) is 26.1. The Morgan fingerprint density at radius 3 is 2.38 bits per heavy atom. The molecule has 1 aromatic carbocycles. The van der Waals surface area contributed by atoms with Crippen molar-refractivity contribution in [3.63, 3.8) is 0 Å². The predicted molar refractivity (Wildman–Crippen MR) is 115 cm³/mol. The fraction of sp³-hybridized carbons (Fsp3) is 0.292. The van der Waals surface area contributed by atoms with Crippen molar-refractivity contribution < 1.29 is 0 Å². The highest BCUT2D eigenvalue weighted by Gasteiger charge is 2.22. The van der Waals surface area contributed by atoms with E-state index in [0.29, 0.717) is 11.7 Å². The van der Waals surface area contributed by atoms with Gasteiger partial charge in [0.15, 0.2) is 0 Å². The largest absolute Gasteiger partial charge is 0.307 e. The Kier molecular flexibility index (Phi) is 5.96. The van der Waals surface area contributed by atoms with Crippen LogP contribution in [0.5, 0.6) is 0 Å². The summed E-state index contributed by atoms with van der Waals surface area (Å²) in [5, 5.41) is 0. The lowest BCUT2D eigenvalue weighted by atomic mass is 9.83. The molecule has 0 saturated heterocycles. The van der Waals surface area contributed by atoms with E-state index in [4.69, 9.17) is 4.98 Å². The molecular weight excluding hydrogens is 360 g/mol. The highest BCUT2D eigenvalue weighted by Crippen LogP contribution is 2.35. The molecule has 1 aliphatic carbocycles. The molecule has 0 spiro atoms. The number of nitrogens with zero attached hydrogens (tertiary/aromatic N) is 3. The average molecular weight is 386 g/mol. The number of H-pyrrole nitrogens is 1. The van der Waals surface area contributed by atoms with Gasteiger partial charge in [0.05, 0.1) is 5.69 Å². The third-order valence-corrected chi connectivity index (χ3v) is 5.46. The van der Waals surface area contributed by atoms with E-state index in [-0.39, 0.29) is 5.56 Å². The Hall–Kier alpha value is -3.05. The van der Waals surface area contributed by atoms with Crippen LogP contribution in [0.3, 0.4) is 0 Å². The molecule has 5 nitrogen and oxygen atoms in total. The molecule has 148 valence electrons. The second kappa shape index (κ2) is 8.97. The van der Waals surface area contributed by atoms with E-state index in [1.165, 1.54) is 17.5 Å². The number of pyridine rings is 1. The van der Waals surface area contributed by atoms with E-state index in [0.717, 1.165) is 43.7 Å². The first kappa shape index (κ1) is 19.3. The quantitative estimate of drug-likeness (QED) is 0.587. The fourth-order valence-corrected chi connectivity index (χ4v) is 3.67. The van der Waals surface area contributed by atoms with Gasteiger partial charge in [0.25, 0.3) is 5.56 Å². The summed E-state index contributed by atoms with van der Waals surface area (Å²) < 4.78 is 0. The summed E-state index contributed by atoms with van der Waals surface area (Å²) >= 11 is 0. The number of hydrogen-bond acceptors (Lipinski definition) is 4. The van der Waals surface area contributed by atoms with E-state index >= 15 is 0 Å². The van der Waals surface area contributed by atoms with Gasteiger partial charge in [-0.05, 0) is 36.1 Å². The number of hydrogen-bond donors (Lipinski definition) is 1. The van der Waals surface area contributed by atoms with Gasteiger partial charge in [-0.3, -0.25) is 14.7 Å². The molecule has 0 amide bonds. The molecule has 1 fully saturated rings. The highest BCUT2D eigenvalue weighted by molar-refractivity contribution is 5.55. The predicted octanol–water partition coefficient (Wildman–Crippen LogP) is 4.29. The Bertz CT molecular complexity index is 1010. The van der Waals surface area contributed by atoms with Gasteiger partial charge < -0.3 is 4.98 Å². The molecule has 29 heavy (non-hydrogen) atoms. The smallest absolute Gasteiger partial charge is 0.251 e. The van der Waals surface area contributed by atoms with E-state index in [1.54, 1.807) is 6.07 Å². The maximum Gasteiger partial charge on any atom is 0.251 e. The summed E-state index contributed by atoms with van der Waals surface area (Å²) in [6.07, 6.45) is 9.06. The normalized spacial score (nSPS) is 14.0. The number of aromatic amines is 1. The zero-order valence-electron chi connectivity index (χ0n) is 16.6. The summed E-state index contributed by atoms with van der Waals surface area (Å²) in [5.74, 6) is 1.10. The third kappa shape index (κ3) is 4.87. The second-order valence-electron chi connectivity index (χ2n) is 7.66. The lowest BCUT2D eigenvalue weighted by Gasteiger charge is -2.24. The number of aromatic nitrogens is 3. The lowest BCUT2D eigenvalue weighted by molar-refractivity contribution is 0.286. The zero-order valence-corrected chi connectivity index (χ0v) is 16.6. The first-order valence-electron chi connectivity index (χ1n) is 10.1. The Labute approximate surface area is 171 Å². The Morgan fingerprint density at radius 2 is 1.76 bits per heavy atom. The van der Waals surface area contributed by atoms with E-state index < -0.39 is 0 Å². The average Bonchev–Trinajstić information content (AvgIpc) is 2.68. The van der Waals surface area contributed by atoms with E-state index in [9.17, 15) is 4.79 Å². The minimum atomic E-state index is -0.0736.